The van der Waals surface area contributed by atoms with E-state index in [1.165, 1.54) is 32.1 Å². The first kappa shape index (κ1) is 33.6. The minimum atomic E-state index is -0.337. The van der Waals surface area contributed by atoms with Crippen molar-refractivity contribution in [3.8, 4) is 5.75 Å². The number of rotatable bonds is 18. The number of nitrogens with one attached hydrogen (secondary N) is 1. The van der Waals surface area contributed by atoms with Crippen LogP contribution in [-0.2, 0) is 4.74 Å². The number of esters is 1. The van der Waals surface area contributed by atoms with E-state index in [0.29, 0.717) is 35.8 Å². The van der Waals surface area contributed by atoms with E-state index in [9.17, 15) is 9.59 Å². The quantitative estimate of drug-likeness (QED) is 0.161. The molecule has 0 unspecified atom stereocenters. The molecular weight excluding hydrogens is 544 g/mol. The molecule has 2 aromatic carbocycles. The molecule has 212 valence electrons. The van der Waals surface area contributed by atoms with Crippen LogP contribution in [0.25, 0.3) is 0 Å². The molecule has 0 aliphatic rings. The average Bonchev–Trinajstić information content (AvgIpc) is 2.93. The number of hydrogen-bond donors (Lipinski definition) is 1. The summed E-state index contributed by atoms with van der Waals surface area (Å²) in [6.45, 7) is 13.8. The number of benzene rings is 2. The second kappa shape index (κ2) is 18.8. The lowest BCUT2D eigenvalue weighted by Gasteiger charge is -2.36. The van der Waals surface area contributed by atoms with Crippen molar-refractivity contribution in [1.29, 1.82) is 0 Å². The number of halogens is 1. The van der Waals surface area contributed by atoms with Crippen LogP contribution in [0.15, 0.2) is 48.5 Å². The Morgan fingerprint density at radius 2 is 1.42 bits per heavy atom. The number of unbranched alkanes of at least 4 members (excludes halogenated alkanes) is 5. The molecule has 0 bridgehead atoms. The van der Waals surface area contributed by atoms with Gasteiger partial charge in [0.1, 0.15) is 18.9 Å². The highest BCUT2D eigenvalue weighted by molar-refractivity contribution is 6.06. The van der Waals surface area contributed by atoms with Gasteiger partial charge >= 0.3 is 5.97 Å². The fourth-order valence-electron chi connectivity index (χ4n) is 4.43. The van der Waals surface area contributed by atoms with Gasteiger partial charge in [-0.3, -0.25) is 4.79 Å². The number of hydrogen-bond acceptors (Lipinski definition) is 4. The molecule has 0 saturated carbocycles. The predicted octanol–water partition coefficient (Wildman–Crippen LogP) is 4.11. The number of carbonyl (C=O) groups excluding carboxylic acids is 2. The van der Waals surface area contributed by atoms with Crippen molar-refractivity contribution in [2.75, 3.05) is 44.7 Å². The third kappa shape index (κ3) is 11.2. The van der Waals surface area contributed by atoms with Gasteiger partial charge in [-0.2, -0.15) is 0 Å². The van der Waals surface area contributed by atoms with Crippen LogP contribution in [0.2, 0.25) is 0 Å². The first-order valence-electron chi connectivity index (χ1n) is 14.1. The lowest BCUT2D eigenvalue weighted by atomic mass is 10.1. The van der Waals surface area contributed by atoms with E-state index in [1.54, 1.807) is 30.3 Å². The van der Waals surface area contributed by atoms with Gasteiger partial charge in [-0.25, -0.2) is 4.79 Å². The number of para-hydroxylation sites is 1. The van der Waals surface area contributed by atoms with Gasteiger partial charge in [0.25, 0.3) is 5.91 Å². The van der Waals surface area contributed by atoms with Crippen molar-refractivity contribution >= 4 is 17.6 Å². The summed E-state index contributed by atoms with van der Waals surface area (Å²) >= 11 is 0. The molecular formula is C31H47BrN2O4. The zero-order valence-electron chi connectivity index (χ0n) is 23.8. The first-order chi connectivity index (χ1) is 18.0. The molecule has 0 aliphatic carbocycles. The zero-order valence-corrected chi connectivity index (χ0v) is 25.4. The number of nitrogens with zero attached hydrogens (tertiary/aromatic N) is 1. The average molecular weight is 592 g/mol. The van der Waals surface area contributed by atoms with Gasteiger partial charge in [0.05, 0.1) is 37.4 Å². The maximum Gasteiger partial charge on any atom is 0.338 e. The van der Waals surface area contributed by atoms with Gasteiger partial charge < -0.3 is 36.3 Å². The summed E-state index contributed by atoms with van der Waals surface area (Å²) < 4.78 is 12.5. The number of carbonyl (C=O) groups is 2. The van der Waals surface area contributed by atoms with E-state index in [0.717, 1.165) is 43.5 Å². The third-order valence-corrected chi connectivity index (χ3v) is 7.14. The SMILES string of the molecule is CCCCCCCOc1ccccc1C(=O)Nc1ccc(C(=O)OCC[N+](CC)(CC)CCCC)cc1.[Br-]. The van der Waals surface area contributed by atoms with Gasteiger partial charge in [0.2, 0.25) is 0 Å². The molecule has 0 saturated heterocycles. The minimum Gasteiger partial charge on any atom is -1.00 e. The molecule has 0 aliphatic heterocycles. The van der Waals surface area contributed by atoms with Crippen LogP contribution in [0.4, 0.5) is 5.69 Å². The van der Waals surface area contributed by atoms with Gasteiger partial charge in [-0.1, -0.05) is 58.1 Å². The molecule has 0 radical (unpaired) electrons. The van der Waals surface area contributed by atoms with Crippen molar-refractivity contribution < 1.29 is 40.5 Å². The van der Waals surface area contributed by atoms with Crippen LogP contribution in [0, 0.1) is 0 Å². The molecule has 6 nitrogen and oxygen atoms in total. The molecule has 0 atom stereocenters. The van der Waals surface area contributed by atoms with Gasteiger partial charge in [-0.05, 0) is 63.1 Å². The Kier molecular flexibility index (Phi) is 16.6. The first-order valence-corrected chi connectivity index (χ1v) is 14.1. The topological polar surface area (TPSA) is 64.6 Å². The highest BCUT2D eigenvalue weighted by Crippen LogP contribution is 2.21. The summed E-state index contributed by atoms with van der Waals surface area (Å²) in [6, 6.07) is 14.1. The molecule has 0 spiro atoms. The summed E-state index contributed by atoms with van der Waals surface area (Å²) in [6.07, 6.45) is 8.12. The smallest absolute Gasteiger partial charge is 0.338 e. The van der Waals surface area contributed by atoms with Crippen molar-refractivity contribution in [1.82, 2.24) is 0 Å². The maximum atomic E-state index is 12.9. The Balaban J connectivity index is 0.00000722. The number of anilines is 1. The minimum absolute atomic E-state index is 0. The second-order valence-corrected chi connectivity index (χ2v) is 9.70. The summed E-state index contributed by atoms with van der Waals surface area (Å²) in [7, 11) is 0. The molecule has 1 amide bonds. The van der Waals surface area contributed by atoms with Crippen LogP contribution < -0.4 is 27.0 Å². The Morgan fingerprint density at radius 1 is 0.763 bits per heavy atom. The summed E-state index contributed by atoms with van der Waals surface area (Å²) in [4.78, 5) is 25.5. The van der Waals surface area contributed by atoms with Crippen molar-refractivity contribution in [3.63, 3.8) is 0 Å². The molecule has 0 aromatic heterocycles. The zero-order chi connectivity index (χ0) is 26.9. The number of ether oxygens (including phenoxy) is 2. The second-order valence-electron chi connectivity index (χ2n) is 9.70. The lowest BCUT2D eigenvalue weighted by molar-refractivity contribution is -0.925. The van der Waals surface area contributed by atoms with Crippen molar-refractivity contribution in [2.24, 2.45) is 0 Å². The molecule has 0 fully saturated rings. The van der Waals surface area contributed by atoms with E-state index in [1.807, 2.05) is 18.2 Å². The van der Waals surface area contributed by atoms with Crippen LogP contribution in [0.5, 0.6) is 5.75 Å². The van der Waals surface area contributed by atoms with Gasteiger partial charge in [0, 0.05) is 5.69 Å². The van der Waals surface area contributed by atoms with Gasteiger partial charge in [0.15, 0.2) is 0 Å². The summed E-state index contributed by atoms with van der Waals surface area (Å²) in [5.74, 6) is 0.0110. The van der Waals surface area contributed by atoms with Crippen molar-refractivity contribution in [3.05, 3.63) is 59.7 Å². The maximum absolute atomic E-state index is 12.9. The van der Waals surface area contributed by atoms with E-state index in [2.05, 4.69) is 33.0 Å². The number of amides is 1. The highest BCUT2D eigenvalue weighted by atomic mass is 79.9. The van der Waals surface area contributed by atoms with E-state index in [-0.39, 0.29) is 28.9 Å². The van der Waals surface area contributed by atoms with E-state index < -0.39 is 0 Å². The van der Waals surface area contributed by atoms with E-state index in [4.69, 9.17) is 9.47 Å². The lowest BCUT2D eigenvalue weighted by Crippen LogP contribution is -3.00. The highest BCUT2D eigenvalue weighted by Gasteiger charge is 2.23. The summed E-state index contributed by atoms with van der Waals surface area (Å²) in [5.41, 5.74) is 1.59. The molecule has 1 N–H and O–H groups in total. The fourth-order valence-corrected chi connectivity index (χ4v) is 4.43. The Bertz CT molecular complexity index is 945. The Labute approximate surface area is 240 Å². The molecule has 0 heterocycles. The fraction of sp³-hybridized carbons (Fsp3) is 0.548. The van der Waals surface area contributed by atoms with Crippen molar-refractivity contribution in [2.45, 2.75) is 72.6 Å². The predicted molar refractivity (Wildman–Crippen MR) is 151 cm³/mol. The third-order valence-electron chi connectivity index (χ3n) is 7.14. The van der Waals surface area contributed by atoms with Crippen LogP contribution in [0.1, 0.15) is 93.4 Å². The van der Waals surface area contributed by atoms with Crippen LogP contribution >= 0.6 is 0 Å². The molecule has 7 heteroatoms. The standard InChI is InChI=1S/C31H46N2O4.BrH/c1-5-9-11-12-15-24-36-29-17-14-13-16-28(29)30(34)32-27-20-18-26(19-21-27)31(35)37-25-23-33(7-3,8-4)22-10-6-2;/h13-14,16-21H,5-12,15,22-25H2,1-4H3;1H. The summed E-state index contributed by atoms with van der Waals surface area (Å²) in [5, 5.41) is 2.91. The van der Waals surface area contributed by atoms with E-state index >= 15 is 0 Å². The largest absolute Gasteiger partial charge is 1.00 e. The number of quaternary nitrogens is 1. The van der Waals surface area contributed by atoms with Crippen LogP contribution in [-0.4, -0.2) is 55.8 Å². The Morgan fingerprint density at radius 3 is 2.08 bits per heavy atom. The van der Waals surface area contributed by atoms with Crippen LogP contribution in [0.3, 0.4) is 0 Å². The monoisotopic (exact) mass is 590 g/mol. The Hall–Kier alpha value is -2.38. The molecule has 38 heavy (non-hydrogen) atoms. The number of likely N-dealkylation sites (N-methyl/N-ethyl adjacent to an activating group) is 1. The van der Waals surface area contributed by atoms with Gasteiger partial charge in [-0.15, -0.1) is 0 Å². The normalized spacial score (nSPS) is 10.9. The molecule has 2 rings (SSSR count). The molecule has 2 aromatic rings.